The van der Waals surface area contributed by atoms with E-state index in [1.165, 1.54) is 24.3 Å². The summed E-state index contributed by atoms with van der Waals surface area (Å²) in [5.41, 5.74) is 3.84. The Labute approximate surface area is 247 Å². The quantitative estimate of drug-likeness (QED) is 0.134. The first kappa shape index (κ1) is 28.0. The Morgan fingerprint density at radius 3 is 2.07 bits per heavy atom. The standard InChI is InChI=1S/C34H29N3O6/c38-29-17-23(21-7-3-1-4-8-21)18-30(39)33(29)27(35-25-11-13-26(14-12-25)37(41)42)15-16-28-34-31(40)19-24(20-32(34)43-36-28)22-9-5-2-6-10-22/h1-14,23-24,38H,15-20H2. The molecule has 6 rings (SSSR count). The molecule has 0 amide bonds. The highest BCUT2D eigenvalue weighted by Gasteiger charge is 2.34. The number of nitro benzene ring substituents is 1. The number of benzene rings is 3. The second-order valence-electron chi connectivity index (χ2n) is 11.0. The third-order valence-electron chi connectivity index (χ3n) is 8.17. The van der Waals surface area contributed by atoms with Crippen LogP contribution in [-0.2, 0) is 17.6 Å². The van der Waals surface area contributed by atoms with Crippen LogP contribution in [0.4, 0.5) is 11.4 Å². The molecular formula is C34H29N3O6. The Morgan fingerprint density at radius 1 is 0.860 bits per heavy atom. The number of carbonyl (C=O) groups is 2. The molecule has 0 spiro atoms. The molecule has 2 atom stereocenters. The number of non-ortho nitro benzene ring substituents is 1. The number of hydrogen-bond donors (Lipinski definition) is 1. The third kappa shape index (κ3) is 5.92. The minimum Gasteiger partial charge on any atom is -0.511 e. The molecule has 1 N–H and O–H groups in total. The van der Waals surface area contributed by atoms with E-state index in [4.69, 9.17) is 4.52 Å². The van der Waals surface area contributed by atoms with Crippen molar-refractivity contribution in [2.75, 3.05) is 0 Å². The molecular weight excluding hydrogens is 546 g/mol. The van der Waals surface area contributed by atoms with Gasteiger partial charge in [-0.2, -0.15) is 0 Å². The van der Waals surface area contributed by atoms with Crippen LogP contribution in [-0.4, -0.2) is 32.5 Å². The lowest BCUT2D eigenvalue weighted by Gasteiger charge is -2.24. The fourth-order valence-electron chi connectivity index (χ4n) is 6.03. The van der Waals surface area contributed by atoms with E-state index < -0.39 is 4.92 Å². The Kier molecular flexibility index (Phi) is 7.79. The molecule has 0 saturated carbocycles. The molecule has 0 bridgehead atoms. The Hall–Kier alpha value is -5.18. The molecule has 2 unspecified atom stereocenters. The van der Waals surface area contributed by atoms with Gasteiger partial charge in [-0.15, -0.1) is 0 Å². The molecule has 4 aromatic rings. The Morgan fingerprint density at radius 2 is 1.47 bits per heavy atom. The van der Waals surface area contributed by atoms with Gasteiger partial charge in [0.2, 0.25) is 0 Å². The second kappa shape index (κ2) is 12.0. The van der Waals surface area contributed by atoms with Gasteiger partial charge >= 0.3 is 0 Å². The summed E-state index contributed by atoms with van der Waals surface area (Å²) < 4.78 is 5.64. The van der Waals surface area contributed by atoms with Crippen molar-refractivity contribution in [2.24, 2.45) is 4.99 Å². The Balaban J connectivity index is 1.29. The van der Waals surface area contributed by atoms with Crippen LogP contribution in [0.2, 0.25) is 0 Å². The van der Waals surface area contributed by atoms with Gasteiger partial charge in [-0.05, 0) is 47.9 Å². The summed E-state index contributed by atoms with van der Waals surface area (Å²) in [6.07, 6.45) is 1.86. The smallest absolute Gasteiger partial charge is 0.269 e. The van der Waals surface area contributed by atoms with Crippen LogP contribution in [0, 0.1) is 10.1 Å². The van der Waals surface area contributed by atoms with Crippen LogP contribution < -0.4 is 0 Å². The van der Waals surface area contributed by atoms with Gasteiger partial charge < -0.3 is 9.63 Å². The monoisotopic (exact) mass is 575 g/mol. The molecule has 43 heavy (non-hydrogen) atoms. The van der Waals surface area contributed by atoms with Crippen molar-refractivity contribution in [3.63, 3.8) is 0 Å². The lowest BCUT2D eigenvalue weighted by molar-refractivity contribution is -0.384. The number of carbonyl (C=O) groups excluding carboxylic acids is 2. The summed E-state index contributed by atoms with van der Waals surface area (Å²) in [6, 6.07) is 25.1. The number of aliphatic hydroxyl groups is 1. The van der Waals surface area contributed by atoms with Crippen molar-refractivity contribution < 1.29 is 24.1 Å². The zero-order valence-corrected chi connectivity index (χ0v) is 23.3. The number of hydrogen-bond acceptors (Lipinski definition) is 8. The maximum atomic E-state index is 13.5. The molecule has 0 saturated heterocycles. The van der Waals surface area contributed by atoms with Crippen molar-refractivity contribution in [3.05, 3.63) is 135 Å². The van der Waals surface area contributed by atoms with Crippen molar-refractivity contribution in [2.45, 2.75) is 50.4 Å². The van der Waals surface area contributed by atoms with Crippen molar-refractivity contribution in [1.82, 2.24) is 5.16 Å². The number of aliphatic imine (C=N–C) groups is 1. The number of aryl methyl sites for hydroxylation is 1. The maximum Gasteiger partial charge on any atom is 0.269 e. The summed E-state index contributed by atoms with van der Waals surface area (Å²) >= 11 is 0. The number of ketones is 2. The number of Topliss-reactive ketones (excluding diaryl/α,β-unsaturated/α-hetero) is 2. The van der Waals surface area contributed by atoms with Crippen LogP contribution in [0.1, 0.15) is 70.5 Å². The van der Waals surface area contributed by atoms with Gasteiger partial charge in [0.25, 0.3) is 5.69 Å². The van der Waals surface area contributed by atoms with Gasteiger partial charge in [-0.3, -0.25) is 24.7 Å². The first-order valence-corrected chi connectivity index (χ1v) is 14.3. The van der Waals surface area contributed by atoms with Crippen LogP contribution in [0.3, 0.4) is 0 Å². The van der Waals surface area contributed by atoms with E-state index in [0.29, 0.717) is 41.3 Å². The van der Waals surface area contributed by atoms with Crippen LogP contribution in [0.5, 0.6) is 0 Å². The molecule has 1 aromatic heterocycles. The van der Waals surface area contributed by atoms with E-state index in [9.17, 15) is 24.8 Å². The summed E-state index contributed by atoms with van der Waals surface area (Å²) in [5, 5.41) is 26.5. The van der Waals surface area contributed by atoms with Crippen LogP contribution in [0.25, 0.3) is 0 Å². The Bertz CT molecular complexity index is 1740. The molecule has 0 aliphatic heterocycles. The topological polar surface area (TPSA) is 136 Å². The number of aromatic nitrogens is 1. The lowest BCUT2D eigenvalue weighted by Crippen LogP contribution is -2.24. The second-order valence-corrected chi connectivity index (χ2v) is 11.0. The molecule has 2 aliphatic rings. The summed E-state index contributed by atoms with van der Waals surface area (Å²) in [6.45, 7) is 0. The average molecular weight is 576 g/mol. The maximum absolute atomic E-state index is 13.5. The predicted octanol–water partition coefficient (Wildman–Crippen LogP) is 7.16. The van der Waals surface area contributed by atoms with E-state index in [-0.39, 0.29) is 66.1 Å². The fourth-order valence-corrected chi connectivity index (χ4v) is 6.03. The highest BCUT2D eigenvalue weighted by molar-refractivity contribution is 6.24. The number of fused-ring (bicyclic) bond motifs is 1. The number of nitro groups is 1. The van der Waals surface area contributed by atoms with Crippen LogP contribution in [0.15, 0.2) is 106 Å². The van der Waals surface area contributed by atoms with E-state index in [2.05, 4.69) is 10.1 Å². The summed E-state index contributed by atoms with van der Waals surface area (Å²) in [7, 11) is 0. The van der Waals surface area contributed by atoms with Gasteiger partial charge in [0.1, 0.15) is 11.5 Å². The molecule has 9 nitrogen and oxygen atoms in total. The van der Waals surface area contributed by atoms with E-state index >= 15 is 0 Å². The predicted molar refractivity (Wildman–Crippen MR) is 160 cm³/mol. The largest absolute Gasteiger partial charge is 0.511 e. The van der Waals surface area contributed by atoms with Gasteiger partial charge in [-0.1, -0.05) is 65.8 Å². The van der Waals surface area contributed by atoms with Gasteiger partial charge in [0.15, 0.2) is 11.6 Å². The van der Waals surface area contributed by atoms with Gasteiger partial charge in [-0.25, -0.2) is 0 Å². The van der Waals surface area contributed by atoms with E-state index in [1.54, 1.807) is 0 Å². The lowest BCUT2D eigenvalue weighted by atomic mass is 9.80. The zero-order valence-electron chi connectivity index (χ0n) is 23.3. The minimum absolute atomic E-state index is 0.0146. The molecule has 2 aliphatic carbocycles. The van der Waals surface area contributed by atoms with Crippen LogP contribution >= 0.6 is 0 Å². The number of aliphatic hydroxyl groups excluding tert-OH is 1. The van der Waals surface area contributed by atoms with Crippen molar-refractivity contribution in [1.29, 1.82) is 0 Å². The molecule has 0 fully saturated rings. The normalized spacial score (nSPS) is 18.9. The molecule has 3 aromatic carbocycles. The first-order chi connectivity index (χ1) is 20.9. The zero-order chi connectivity index (χ0) is 29.9. The minimum atomic E-state index is -0.496. The molecule has 1 heterocycles. The highest BCUT2D eigenvalue weighted by Crippen LogP contribution is 2.37. The molecule has 9 heteroatoms. The van der Waals surface area contributed by atoms with Gasteiger partial charge in [0, 0.05) is 37.8 Å². The number of allylic oxidation sites excluding steroid dienone is 2. The van der Waals surface area contributed by atoms with Gasteiger partial charge in [0.05, 0.1) is 33.2 Å². The third-order valence-corrected chi connectivity index (χ3v) is 8.17. The fraction of sp³-hybridized carbons (Fsp3) is 0.235. The summed E-state index contributed by atoms with van der Waals surface area (Å²) in [5.74, 6) is 0.0886. The number of nitrogens with zero attached hydrogens (tertiary/aromatic N) is 3. The number of rotatable bonds is 8. The van der Waals surface area contributed by atoms with Crippen molar-refractivity contribution in [3.8, 4) is 0 Å². The summed E-state index contributed by atoms with van der Waals surface area (Å²) in [4.78, 5) is 42.1. The van der Waals surface area contributed by atoms with E-state index in [1.807, 2.05) is 60.7 Å². The first-order valence-electron chi connectivity index (χ1n) is 14.3. The molecule has 216 valence electrons. The highest BCUT2D eigenvalue weighted by atomic mass is 16.6. The van der Waals surface area contributed by atoms with E-state index in [0.717, 1.165) is 11.1 Å². The SMILES string of the molecule is O=C1CC(c2ccccc2)CC(O)=C1C(CCc1noc2c1C(=O)CC(c1ccccc1)C2)=Nc1ccc([N+](=O)[O-])cc1. The average Bonchev–Trinajstić information content (AvgIpc) is 3.44. The van der Waals surface area contributed by atoms with Crippen molar-refractivity contribution >= 4 is 28.7 Å². The molecule has 0 radical (unpaired) electrons.